The second-order valence-corrected chi connectivity index (χ2v) is 5.49. The van der Waals surface area contributed by atoms with E-state index in [1.165, 1.54) is 5.56 Å². The van der Waals surface area contributed by atoms with Crippen LogP contribution in [0, 0.1) is 0 Å². The zero-order chi connectivity index (χ0) is 12.3. The first kappa shape index (κ1) is 12.8. The molecule has 1 aromatic heterocycles. The Hall–Kier alpha value is -0.650. The summed E-state index contributed by atoms with van der Waals surface area (Å²) in [4.78, 5) is 0. The Kier molecular flexibility index (Phi) is 4.36. The summed E-state index contributed by atoms with van der Waals surface area (Å²) >= 11 is 6.91. The fourth-order valence-corrected chi connectivity index (χ4v) is 2.31. The van der Waals surface area contributed by atoms with Crippen molar-refractivity contribution in [3.63, 3.8) is 0 Å². The Morgan fingerprint density at radius 3 is 2.76 bits per heavy atom. The van der Waals surface area contributed by atoms with Gasteiger partial charge < -0.3 is 5.32 Å². The van der Waals surface area contributed by atoms with E-state index in [-0.39, 0.29) is 0 Å². The molecule has 0 aliphatic carbocycles. The van der Waals surface area contributed by atoms with Gasteiger partial charge >= 0.3 is 0 Å². The highest BCUT2D eigenvalue weighted by molar-refractivity contribution is 9.10. The Morgan fingerprint density at radius 2 is 2.12 bits per heavy atom. The van der Waals surface area contributed by atoms with Crippen molar-refractivity contribution in [2.24, 2.45) is 0 Å². The van der Waals surface area contributed by atoms with Gasteiger partial charge in [-0.3, -0.25) is 0 Å². The molecule has 17 heavy (non-hydrogen) atoms. The molecule has 0 radical (unpaired) electrons. The number of halogens is 2. The van der Waals surface area contributed by atoms with Crippen LogP contribution in [0.15, 0.2) is 39.5 Å². The Labute approximate surface area is 117 Å². The van der Waals surface area contributed by atoms with Gasteiger partial charge in [-0.25, -0.2) is 4.68 Å². The van der Waals surface area contributed by atoms with Crippen LogP contribution in [0.2, 0.25) is 0 Å². The Morgan fingerprint density at radius 1 is 1.29 bits per heavy atom. The normalized spacial score (nSPS) is 10.8. The van der Waals surface area contributed by atoms with Crippen LogP contribution in [-0.4, -0.2) is 16.3 Å². The second-order valence-electron chi connectivity index (χ2n) is 3.66. The molecule has 0 aliphatic rings. The molecule has 0 atom stereocenters. The number of nitrogens with zero attached hydrogens (tertiary/aromatic N) is 2. The van der Waals surface area contributed by atoms with Crippen molar-refractivity contribution in [1.29, 1.82) is 0 Å². The van der Waals surface area contributed by atoms with Crippen molar-refractivity contribution < 1.29 is 0 Å². The van der Waals surface area contributed by atoms with E-state index in [0.29, 0.717) is 0 Å². The average molecular weight is 359 g/mol. The Bertz CT molecular complexity index is 508. The molecule has 1 aromatic carbocycles. The molecule has 0 aliphatic heterocycles. The van der Waals surface area contributed by atoms with Gasteiger partial charge in [0.1, 0.15) is 0 Å². The second kappa shape index (κ2) is 5.80. The minimum atomic E-state index is 0.836. The molecular formula is C12H13Br2N3. The molecule has 90 valence electrons. The molecule has 1 heterocycles. The predicted molar refractivity (Wildman–Crippen MR) is 76.3 cm³/mol. The standard InChI is InChI=1S/C12H13Br2N3/c1-2-15-6-9-5-10(13)3-4-12(9)17-8-11(14)7-16-17/h3-5,7-8,15H,2,6H2,1H3. The maximum absolute atomic E-state index is 4.31. The van der Waals surface area contributed by atoms with Crippen LogP contribution in [0.5, 0.6) is 0 Å². The maximum atomic E-state index is 4.31. The zero-order valence-corrected chi connectivity index (χ0v) is 12.6. The van der Waals surface area contributed by atoms with E-state index in [1.807, 2.05) is 16.9 Å². The van der Waals surface area contributed by atoms with Crippen LogP contribution in [0.25, 0.3) is 5.69 Å². The largest absolute Gasteiger partial charge is 0.313 e. The summed E-state index contributed by atoms with van der Waals surface area (Å²) in [7, 11) is 0. The van der Waals surface area contributed by atoms with Crippen LogP contribution in [-0.2, 0) is 6.54 Å². The van der Waals surface area contributed by atoms with Crippen molar-refractivity contribution >= 4 is 31.9 Å². The SMILES string of the molecule is CCNCc1cc(Br)ccc1-n1cc(Br)cn1. The van der Waals surface area contributed by atoms with Crippen LogP contribution in [0.4, 0.5) is 0 Å². The zero-order valence-electron chi connectivity index (χ0n) is 9.45. The molecule has 2 rings (SSSR count). The van der Waals surface area contributed by atoms with Gasteiger partial charge in [0.15, 0.2) is 0 Å². The molecule has 0 fully saturated rings. The summed E-state index contributed by atoms with van der Waals surface area (Å²) in [5, 5.41) is 7.65. The van der Waals surface area contributed by atoms with Crippen LogP contribution in [0.3, 0.4) is 0 Å². The molecule has 0 saturated heterocycles. The molecule has 3 nitrogen and oxygen atoms in total. The lowest BCUT2D eigenvalue weighted by Gasteiger charge is -2.10. The predicted octanol–water partition coefficient (Wildman–Crippen LogP) is 3.51. The average Bonchev–Trinajstić information content (AvgIpc) is 2.73. The van der Waals surface area contributed by atoms with E-state index >= 15 is 0 Å². The van der Waals surface area contributed by atoms with Crippen LogP contribution in [0.1, 0.15) is 12.5 Å². The summed E-state index contributed by atoms with van der Waals surface area (Å²) in [6.45, 7) is 3.89. The number of rotatable bonds is 4. The highest BCUT2D eigenvalue weighted by atomic mass is 79.9. The number of aromatic nitrogens is 2. The van der Waals surface area contributed by atoms with E-state index in [2.05, 4.69) is 61.3 Å². The number of benzene rings is 1. The lowest BCUT2D eigenvalue weighted by molar-refractivity contribution is 0.716. The van der Waals surface area contributed by atoms with Crippen molar-refractivity contribution in [3.8, 4) is 5.69 Å². The van der Waals surface area contributed by atoms with E-state index in [1.54, 1.807) is 6.20 Å². The van der Waals surface area contributed by atoms with E-state index in [9.17, 15) is 0 Å². The van der Waals surface area contributed by atoms with Crippen LogP contribution < -0.4 is 5.32 Å². The Balaban J connectivity index is 2.38. The monoisotopic (exact) mass is 357 g/mol. The van der Waals surface area contributed by atoms with Crippen molar-refractivity contribution in [2.45, 2.75) is 13.5 Å². The van der Waals surface area contributed by atoms with E-state index < -0.39 is 0 Å². The van der Waals surface area contributed by atoms with Gasteiger partial charge in [-0.15, -0.1) is 0 Å². The summed E-state index contributed by atoms with van der Waals surface area (Å²) < 4.78 is 3.94. The summed E-state index contributed by atoms with van der Waals surface area (Å²) in [6.07, 6.45) is 3.75. The van der Waals surface area contributed by atoms with Gasteiger partial charge in [-0.1, -0.05) is 22.9 Å². The molecule has 2 aromatic rings. The fraction of sp³-hybridized carbons (Fsp3) is 0.250. The van der Waals surface area contributed by atoms with Gasteiger partial charge in [-0.2, -0.15) is 5.10 Å². The summed E-state index contributed by atoms with van der Waals surface area (Å²) in [5.41, 5.74) is 2.32. The first-order valence-electron chi connectivity index (χ1n) is 5.40. The third kappa shape index (κ3) is 3.18. The first-order valence-corrected chi connectivity index (χ1v) is 6.99. The van der Waals surface area contributed by atoms with Crippen molar-refractivity contribution in [2.75, 3.05) is 6.54 Å². The van der Waals surface area contributed by atoms with Gasteiger partial charge in [0, 0.05) is 17.2 Å². The topological polar surface area (TPSA) is 29.9 Å². The molecule has 0 amide bonds. The molecular weight excluding hydrogens is 346 g/mol. The maximum Gasteiger partial charge on any atom is 0.0691 e. The smallest absolute Gasteiger partial charge is 0.0691 e. The number of hydrogen-bond donors (Lipinski definition) is 1. The number of nitrogens with one attached hydrogen (secondary N) is 1. The van der Waals surface area contributed by atoms with E-state index in [4.69, 9.17) is 0 Å². The molecule has 5 heteroatoms. The lowest BCUT2D eigenvalue weighted by Crippen LogP contribution is -2.14. The van der Waals surface area contributed by atoms with Gasteiger partial charge in [0.05, 0.1) is 16.4 Å². The lowest BCUT2D eigenvalue weighted by atomic mass is 10.2. The molecule has 0 unspecified atom stereocenters. The minimum Gasteiger partial charge on any atom is -0.313 e. The quantitative estimate of drug-likeness (QED) is 0.906. The summed E-state index contributed by atoms with van der Waals surface area (Å²) in [5.74, 6) is 0. The van der Waals surface area contributed by atoms with Crippen LogP contribution >= 0.6 is 31.9 Å². The molecule has 1 N–H and O–H groups in total. The molecule has 0 spiro atoms. The van der Waals surface area contributed by atoms with Crippen molar-refractivity contribution in [1.82, 2.24) is 15.1 Å². The minimum absolute atomic E-state index is 0.836. The third-order valence-electron chi connectivity index (χ3n) is 2.40. The molecule has 0 saturated carbocycles. The summed E-state index contributed by atoms with van der Waals surface area (Å²) in [6, 6.07) is 6.21. The molecule has 0 bridgehead atoms. The van der Waals surface area contributed by atoms with Crippen molar-refractivity contribution in [3.05, 3.63) is 45.1 Å². The highest BCUT2D eigenvalue weighted by Crippen LogP contribution is 2.21. The van der Waals surface area contributed by atoms with Gasteiger partial charge in [-0.05, 0) is 46.2 Å². The van der Waals surface area contributed by atoms with Gasteiger partial charge in [0.25, 0.3) is 0 Å². The van der Waals surface area contributed by atoms with E-state index in [0.717, 1.165) is 27.7 Å². The van der Waals surface area contributed by atoms with Gasteiger partial charge in [0.2, 0.25) is 0 Å². The highest BCUT2D eigenvalue weighted by Gasteiger charge is 2.06. The fourth-order valence-electron chi connectivity index (χ4n) is 1.61. The number of hydrogen-bond acceptors (Lipinski definition) is 2. The third-order valence-corrected chi connectivity index (χ3v) is 3.31. The first-order chi connectivity index (χ1) is 8.20.